The summed E-state index contributed by atoms with van der Waals surface area (Å²) in [6.07, 6.45) is 3.80. The average Bonchev–Trinajstić information content (AvgIpc) is 3.20. The maximum atomic E-state index is 5.37. The van der Waals surface area contributed by atoms with Crippen LogP contribution in [0.4, 0.5) is 11.9 Å². The second kappa shape index (κ2) is 6.24. The first-order valence-corrected chi connectivity index (χ1v) is 7.12. The molecule has 0 fully saturated rings. The van der Waals surface area contributed by atoms with Crippen LogP contribution in [0.3, 0.4) is 0 Å². The van der Waals surface area contributed by atoms with Crippen LogP contribution in [-0.2, 0) is 6.42 Å². The number of nitrogens with one attached hydrogen (secondary N) is 2. The molecule has 3 rings (SSSR count). The SMILES string of the molecule is NNc1nc(NCCc2ccsc2)nc(-n2cncn2)n1. The molecule has 10 heteroatoms. The molecule has 0 radical (unpaired) electrons. The summed E-state index contributed by atoms with van der Waals surface area (Å²) >= 11 is 1.68. The van der Waals surface area contributed by atoms with Crippen molar-refractivity contribution < 1.29 is 0 Å². The Kier molecular flexibility index (Phi) is 3.98. The highest BCUT2D eigenvalue weighted by Crippen LogP contribution is 2.09. The number of thiophene rings is 1. The highest BCUT2D eigenvalue weighted by Gasteiger charge is 2.08. The van der Waals surface area contributed by atoms with E-state index in [1.807, 2.05) is 0 Å². The van der Waals surface area contributed by atoms with E-state index in [1.165, 1.54) is 22.9 Å². The van der Waals surface area contributed by atoms with E-state index in [0.717, 1.165) is 6.42 Å². The van der Waals surface area contributed by atoms with Crippen molar-refractivity contribution in [2.75, 3.05) is 17.3 Å². The Morgan fingerprint density at radius 1 is 1.24 bits per heavy atom. The lowest BCUT2D eigenvalue weighted by atomic mass is 10.2. The molecular weight excluding hydrogens is 290 g/mol. The first-order chi connectivity index (χ1) is 10.3. The summed E-state index contributed by atoms with van der Waals surface area (Å²) in [5.41, 5.74) is 3.68. The van der Waals surface area contributed by atoms with Crippen molar-refractivity contribution in [1.82, 2.24) is 29.7 Å². The molecule has 108 valence electrons. The number of rotatable bonds is 6. The van der Waals surface area contributed by atoms with Gasteiger partial charge in [-0.2, -0.15) is 36.1 Å². The molecule has 0 unspecified atom stereocenters. The van der Waals surface area contributed by atoms with Crippen LogP contribution in [0.25, 0.3) is 5.95 Å². The molecule has 0 spiro atoms. The minimum Gasteiger partial charge on any atom is -0.354 e. The molecule has 0 aromatic carbocycles. The fraction of sp³-hybridized carbons (Fsp3) is 0.182. The zero-order valence-corrected chi connectivity index (χ0v) is 11.8. The number of nitrogens with zero attached hydrogens (tertiary/aromatic N) is 6. The van der Waals surface area contributed by atoms with Crippen molar-refractivity contribution in [3.8, 4) is 5.95 Å². The van der Waals surface area contributed by atoms with Gasteiger partial charge >= 0.3 is 0 Å². The molecule has 0 amide bonds. The second-order valence-corrected chi connectivity index (χ2v) is 4.86. The van der Waals surface area contributed by atoms with Crippen LogP contribution in [0.5, 0.6) is 0 Å². The Hall–Kier alpha value is -2.59. The fourth-order valence-corrected chi connectivity index (χ4v) is 2.38. The molecule has 3 aromatic heterocycles. The molecule has 0 saturated carbocycles. The van der Waals surface area contributed by atoms with Crippen molar-refractivity contribution in [1.29, 1.82) is 0 Å². The van der Waals surface area contributed by atoms with Crippen molar-refractivity contribution in [2.45, 2.75) is 6.42 Å². The molecule has 0 aliphatic carbocycles. The van der Waals surface area contributed by atoms with Crippen molar-refractivity contribution in [2.24, 2.45) is 5.84 Å². The molecule has 4 N–H and O–H groups in total. The van der Waals surface area contributed by atoms with Gasteiger partial charge in [0.25, 0.3) is 5.95 Å². The summed E-state index contributed by atoms with van der Waals surface area (Å²) in [6, 6.07) is 2.09. The lowest BCUT2D eigenvalue weighted by Crippen LogP contribution is -2.16. The van der Waals surface area contributed by atoms with Crippen LogP contribution in [0.2, 0.25) is 0 Å². The molecule has 0 bridgehead atoms. The number of hydrazine groups is 1. The first kappa shape index (κ1) is 13.4. The number of anilines is 2. The van der Waals surface area contributed by atoms with E-state index in [4.69, 9.17) is 5.84 Å². The quantitative estimate of drug-likeness (QED) is 0.443. The summed E-state index contributed by atoms with van der Waals surface area (Å²) in [5.74, 6) is 6.40. The standard InChI is InChI=1S/C11H13N9S/c12-19-10-16-9(14-3-1-8-2-4-21-5-8)17-11(18-10)20-7-13-6-15-20/h2,4-7H,1,3,12H2,(H2,14,16,17,18,19). The van der Waals surface area contributed by atoms with Gasteiger partial charge in [0.1, 0.15) is 12.7 Å². The number of nitrogen functional groups attached to an aromatic ring is 1. The minimum atomic E-state index is 0.258. The molecule has 3 aromatic rings. The van der Waals surface area contributed by atoms with Gasteiger partial charge in [-0.1, -0.05) is 0 Å². The predicted molar refractivity (Wildman–Crippen MR) is 79.1 cm³/mol. The van der Waals surface area contributed by atoms with Gasteiger partial charge in [-0.3, -0.25) is 5.43 Å². The van der Waals surface area contributed by atoms with Gasteiger partial charge in [-0.05, 0) is 28.8 Å². The molecule has 3 heterocycles. The molecule has 21 heavy (non-hydrogen) atoms. The van der Waals surface area contributed by atoms with Crippen LogP contribution >= 0.6 is 11.3 Å². The number of hydrogen-bond acceptors (Lipinski definition) is 9. The summed E-state index contributed by atoms with van der Waals surface area (Å²) < 4.78 is 1.44. The first-order valence-electron chi connectivity index (χ1n) is 6.18. The molecule has 9 nitrogen and oxygen atoms in total. The van der Waals surface area contributed by atoms with Crippen molar-refractivity contribution in [3.05, 3.63) is 35.0 Å². The highest BCUT2D eigenvalue weighted by molar-refractivity contribution is 7.07. The molecule has 0 saturated heterocycles. The normalized spacial score (nSPS) is 10.5. The zero-order chi connectivity index (χ0) is 14.5. The van der Waals surface area contributed by atoms with Gasteiger partial charge in [0.2, 0.25) is 11.9 Å². The third-order valence-corrected chi connectivity index (χ3v) is 3.39. The minimum absolute atomic E-state index is 0.258. The molecular formula is C11H13N9S. The maximum absolute atomic E-state index is 5.37. The summed E-state index contributed by atoms with van der Waals surface area (Å²) in [6.45, 7) is 0.710. The van der Waals surface area contributed by atoms with Gasteiger partial charge in [0.05, 0.1) is 0 Å². The Balaban J connectivity index is 1.73. The van der Waals surface area contributed by atoms with Crippen LogP contribution in [-0.4, -0.2) is 36.3 Å². The van der Waals surface area contributed by atoms with Gasteiger partial charge in [0, 0.05) is 6.54 Å². The Morgan fingerprint density at radius 3 is 2.86 bits per heavy atom. The van der Waals surface area contributed by atoms with Gasteiger partial charge in [0.15, 0.2) is 0 Å². The lowest BCUT2D eigenvalue weighted by molar-refractivity contribution is 0.793. The summed E-state index contributed by atoms with van der Waals surface area (Å²) in [4.78, 5) is 16.4. The third-order valence-electron chi connectivity index (χ3n) is 2.65. The monoisotopic (exact) mass is 303 g/mol. The Labute approximate surface area is 124 Å². The second-order valence-electron chi connectivity index (χ2n) is 4.08. The Morgan fingerprint density at radius 2 is 2.14 bits per heavy atom. The van der Waals surface area contributed by atoms with E-state index >= 15 is 0 Å². The van der Waals surface area contributed by atoms with Crippen LogP contribution in [0.1, 0.15) is 5.56 Å². The topological polar surface area (TPSA) is 119 Å². The van der Waals surface area contributed by atoms with E-state index in [1.54, 1.807) is 11.3 Å². The molecule has 0 atom stereocenters. The number of hydrogen-bond donors (Lipinski definition) is 3. The van der Waals surface area contributed by atoms with E-state index in [2.05, 4.69) is 52.6 Å². The maximum Gasteiger partial charge on any atom is 0.258 e. The van der Waals surface area contributed by atoms with Gasteiger partial charge in [-0.15, -0.1) is 0 Å². The summed E-state index contributed by atoms with van der Waals surface area (Å²) in [5, 5.41) is 11.3. The molecule has 0 aliphatic rings. The predicted octanol–water partition coefficient (Wildman–Crippen LogP) is 0.454. The highest BCUT2D eigenvalue weighted by atomic mass is 32.1. The largest absolute Gasteiger partial charge is 0.354 e. The van der Waals surface area contributed by atoms with Crippen LogP contribution in [0.15, 0.2) is 29.5 Å². The van der Waals surface area contributed by atoms with Crippen molar-refractivity contribution >= 4 is 23.2 Å². The zero-order valence-electron chi connectivity index (χ0n) is 11.0. The number of aromatic nitrogens is 6. The lowest BCUT2D eigenvalue weighted by Gasteiger charge is -2.07. The average molecular weight is 303 g/mol. The smallest absolute Gasteiger partial charge is 0.258 e. The fourth-order valence-electron chi connectivity index (χ4n) is 1.68. The van der Waals surface area contributed by atoms with E-state index in [0.29, 0.717) is 18.4 Å². The van der Waals surface area contributed by atoms with Crippen LogP contribution in [0, 0.1) is 0 Å². The number of nitrogens with two attached hydrogens (primary N) is 1. The van der Waals surface area contributed by atoms with E-state index < -0.39 is 0 Å². The van der Waals surface area contributed by atoms with E-state index in [-0.39, 0.29) is 5.95 Å². The van der Waals surface area contributed by atoms with Crippen LogP contribution < -0.4 is 16.6 Å². The van der Waals surface area contributed by atoms with Gasteiger partial charge < -0.3 is 5.32 Å². The van der Waals surface area contributed by atoms with E-state index in [9.17, 15) is 0 Å². The Bertz CT molecular complexity index is 680. The molecule has 0 aliphatic heterocycles. The van der Waals surface area contributed by atoms with Gasteiger partial charge in [-0.25, -0.2) is 10.8 Å². The van der Waals surface area contributed by atoms with Crippen molar-refractivity contribution in [3.63, 3.8) is 0 Å². The third kappa shape index (κ3) is 3.30. The summed E-state index contributed by atoms with van der Waals surface area (Å²) in [7, 11) is 0.